The fourth-order valence-corrected chi connectivity index (χ4v) is 3.53. The lowest BCUT2D eigenvalue weighted by Gasteiger charge is -2.17. The highest BCUT2D eigenvalue weighted by molar-refractivity contribution is 5.96. The van der Waals surface area contributed by atoms with Crippen molar-refractivity contribution < 1.29 is 9.32 Å². The van der Waals surface area contributed by atoms with Crippen molar-refractivity contribution >= 4 is 11.6 Å². The molecule has 2 heterocycles. The van der Waals surface area contributed by atoms with E-state index in [2.05, 4.69) is 16.2 Å². The average molecular weight is 347 g/mol. The number of carbonyl (C=O) groups excluding carboxylic acids is 1. The Kier molecular flexibility index (Phi) is 4.07. The van der Waals surface area contributed by atoms with Gasteiger partial charge in [-0.05, 0) is 56.2 Å². The molecule has 0 N–H and O–H groups in total. The third-order valence-corrected chi connectivity index (χ3v) is 4.72. The maximum absolute atomic E-state index is 12.5. The van der Waals surface area contributed by atoms with Gasteiger partial charge in [0, 0.05) is 30.1 Å². The maximum atomic E-state index is 12.5. The number of anilines is 1. The summed E-state index contributed by atoms with van der Waals surface area (Å²) < 4.78 is 5.44. The summed E-state index contributed by atoms with van der Waals surface area (Å²) in [5.41, 5.74) is 5.28. The van der Waals surface area contributed by atoms with Gasteiger partial charge in [0.2, 0.25) is 5.91 Å². The van der Waals surface area contributed by atoms with Gasteiger partial charge in [0.1, 0.15) is 0 Å². The van der Waals surface area contributed by atoms with Gasteiger partial charge in [-0.15, -0.1) is 0 Å². The van der Waals surface area contributed by atoms with Crippen molar-refractivity contribution in [2.24, 2.45) is 0 Å². The predicted octanol–water partition coefficient (Wildman–Crippen LogP) is 4.18. The van der Waals surface area contributed by atoms with Gasteiger partial charge in [0.05, 0.1) is 0 Å². The quantitative estimate of drug-likeness (QED) is 0.713. The van der Waals surface area contributed by atoms with E-state index < -0.39 is 0 Å². The van der Waals surface area contributed by atoms with Gasteiger partial charge < -0.3 is 9.42 Å². The van der Waals surface area contributed by atoms with Crippen molar-refractivity contribution in [2.45, 2.75) is 33.1 Å². The third-order valence-electron chi connectivity index (χ3n) is 4.72. The molecule has 1 unspecified atom stereocenters. The number of aryl methyl sites for hydroxylation is 3. The highest BCUT2D eigenvalue weighted by Gasteiger charge is 2.34. The first-order chi connectivity index (χ1) is 12.5. The summed E-state index contributed by atoms with van der Waals surface area (Å²) in [6.07, 6.45) is 0.403. The molecule has 5 heteroatoms. The highest BCUT2D eigenvalue weighted by atomic mass is 16.5. The molecule has 0 spiro atoms. The molecule has 1 fully saturated rings. The third kappa shape index (κ3) is 3.12. The number of hydrogen-bond acceptors (Lipinski definition) is 4. The van der Waals surface area contributed by atoms with Crippen LogP contribution in [0.25, 0.3) is 11.5 Å². The second kappa shape index (κ2) is 6.41. The molecule has 0 radical (unpaired) electrons. The smallest absolute Gasteiger partial charge is 0.257 e. The summed E-state index contributed by atoms with van der Waals surface area (Å²) in [6.45, 7) is 6.69. The predicted molar refractivity (Wildman–Crippen MR) is 100 cm³/mol. The minimum atomic E-state index is -0.0503. The molecule has 1 aliphatic heterocycles. The van der Waals surface area contributed by atoms with Gasteiger partial charge in [-0.3, -0.25) is 4.79 Å². The van der Waals surface area contributed by atoms with Gasteiger partial charge in [-0.2, -0.15) is 4.98 Å². The Labute approximate surface area is 152 Å². The second-order valence-electron chi connectivity index (χ2n) is 7.08. The van der Waals surface area contributed by atoms with E-state index in [0.29, 0.717) is 24.7 Å². The SMILES string of the molecule is Cc1cccc(-c2nc(C3CC(=O)N(c4cc(C)cc(C)c4)C3)no2)c1. The first-order valence-corrected chi connectivity index (χ1v) is 8.79. The number of benzene rings is 2. The van der Waals surface area contributed by atoms with E-state index in [1.807, 2.05) is 62.1 Å². The summed E-state index contributed by atoms with van der Waals surface area (Å²) in [7, 11) is 0. The average Bonchev–Trinajstić information content (AvgIpc) is 3.20. The van der Waals surface area contributed by atoms with E-state index in [9.17, 15) is 4.79 Å². The molecule has 2 aromatic carbocycles. The zero-order valence-corrected chi connectivity index (χ0v) is 15.2. The molecule has 1 amide bonds. The number of aromatic nitrogens is 2. The van der Waals surface area contributed by atoms with Crippen LogP contribution in [0, 0.1) is 20.8 Å². The maximum Gasteiger partial charge on any atom is 0.257 e. The molecule has 26 heavy (non-hydrogen) atoms. The van der Waals surface area contributed by atoms with Crippen LogP contribution in [0.3, 0.4) is 0 Å². The lowest BCUT2D eigenvalue weighted by Crippen LogP contribution is -2.24. The van der Waals surface area contributed by atoms with E-state index in [1.165, 1.54) is 0 Å². The minimum Gasteiger partial charge on any atom is -0.334 e. The van der Waals surface area contributed by atoms with Crippen LogP contribution in [0.15, 0.2) is 47.0 Å². The molecule has 132 valence electrons. The van der Waals surface area contributed by atoms with Crippen molar-refractivity contribution in [2.75, 3.05) is 11.4 Å². The molecular formula is C21H21N3O2. The van der Waals surface area contributed by atoms with Gasteiger partial charge in [-0.1, -0.05) is 28.9 Å². The molecular weight excluding hydrogens is 326 g/mol. The van der Waals surface area contributed by atoms with Crippen LogP contribution in [-0.2, 0) is 4.79 Å². The molecule has 5 nitrogen and oxygen atoms in total. The van der Waals surface area contributed by atoms with E-state index in [0.717, 1.165) is 27.9 Å². The van der Waals surface area contributed by atoms with Crippen LogP contribution in [-0.4, -0.2) is 22.6 Å². The number of amides is 1. The number of rotatable bonds is 3. The zero-order valence-electron chi connectivity index (χ0n) is 15.2. The summed E-state index contributed by atoms with van der Waals surface area (Å²) in [4.78, 5) is 18.9. The molecule has 1 atom stereocenters. The Bertz CT molecular complexity index is 957. The van der Waals surface area contributed by atoms with Crippen LogP contribution in [0.2, 0.25) is 0 Å². The Hall–Kier alpha value is -2.95. The summed E-state index contributed by atoms with van der Waals surface area (Å²) in [5.74, 6) is 1.15. The first-order valence-electron chi connectivity index (χ1n) is 8.79. The molecule has 4 rings (SSSR count). The summed E-state index contributed by atoms with van der Waals surface area (Å²) in [5, 5.41) is 4.14. The molecule has 0 bridgehead atoms. The van der Waals surface area contributed by atoms with Crippen molar-refractivity contribution in [3.05, 3.63) is 65.0 Å². The van der Waals surface area contributed by atoms with Crippen molar-refractivity contribution in [3.63, 3.8) is 0 Å². The van der Waals surface area contributed by atoms with Gasteiger partial charge >= 0.3 is 0 Å². The number of hydrogen-bond donors (Lipinski definition) is 0. The largest absolute Gasteiger partial charge is 0.334 e. The molecule has 0 saturated carbocycles. The number of nitrogens with zero attached hydrogens (tertiary/aromatic N) is 3. The number of carbonyl (C=O) groups is 1. The minimum absolute atomic E-state index is 0.0503. The van der Waals surface area contributed by atoms with Crippen LogP contribution in [0.4, 0.5) is 5.69 Å². The highest BCUT2D eigenvalue weighted by Crippen LogP contribution is 2.32. The summed E-state index contributed by atoms with van der Waals surface area (Å²) >= 11 is 0. The molecule has 0 aliphatic carbocycles. The van der Waals surface area contributed by atoms with Crippen LogP contribution < -0.4 is 4.90 Å². The topological polar surface area (TPSA) is 59.2 Å². The molecule has 1 aliphatic rings. The van der Waals surface area contributed by atoms with Crippen molar-refractivity contribution in [3.8, 4) is 11.5 Å². The summed E-state index contributed by atoms with van der Waals surface area (Å²) in [6, 6.07) is 14.1. The standard InChI is InChI=1S/C21H21N3O2/c1-13-5-4-6-16(8-13)21-22-20(23-26-21)17-11-19(25)24(12-17)18-9-14(2)7-15(3)10-18/h4-10,17H,11-12H2,1-3H3. The molecule has 3 aromatic rings. The van der Waals surface area contributed by atoms with Crippen LogP contribution in [0.1, 0.15) is 34.9 Å². The van der Waals surface area contributed by atoms with Crippen molar-refractivity contribution in [1.82, 2.24) is 10.1 Å². The second-order valence-corrected chi connectivity index (χ2v) is 7.08. The van der Waals surface area contributed by atoms with Gasteiger partial charge in [-0.25, -0.2) is 0 Å². The van der Waals surface area contributed by atoms with Crippen LogP contribution >= 0.6 is 0 Å². The van der Waals surface area contributed by atoms with Crippen molar-refractivity contribution in [1.29, 1.82) is 0 Å². The lowest BCUT2D eigenvalue weighted by atomic mass is 10.1. The Morgan fingerprint density at radius 2 is 1.81 bits per heavy atom. The lowest BCUT2D eigenvalue weighted by molar-refractivity contribution is -0.117. The van der Waals surface area contributed by atoms with E-state index in [-0.39, 0.29) is 11.8 Å². The first kappa shape index (κ1) is 16.5. The molecule has 1 saturated heterocycles. The normalized spacial score (nSPS) is 17.1. The van der Waals surface area contributed by atoms with Gasteiger partial charge in [0.15, 0.2) is 5.82 Å². The molecule has 1 aromatic heterocycles. The Morgan fingerprint density at radius 3 is 2.54 bits per heavy atom. The van der Waals surface area contributed by atoms with E-state index in [1.54, 1.807) is 0 Å². The van der Waals surface area contributed by atoms with E-state index >= 15 is 0 Å². The van der Waals surface area contributed by atoms with Crippen LogP contribution in [0.5, 0.6) is 0 Å². The van der Waals surface area contributed by atoms with E-state index in [4.69, 9.17) is 4.52 Å². The monoisotopic (exact) mass is 347 g/mol. The van der Waals surface area contributed by atoms with Gasteiger partial charge in [0.25, 0.3) is 5.89 Å². The fraction of sp³-hybridized carbons (Fsp3) is 0.286. The zero-order chi connectivity index (χ0) is 18.3. The fourth-order valence-electron chi connectivity index (χ4n) is 3.53. The Balaban J connectivity index is 1.58. The Morgan fingerprint density at radius 1 is 1.04 bits per heavy atom.